The van der Waals surface area contributed by atoms with E-state index in [0.29, 0.717) is 18.4 Å². The van der Waals surface area contributed by atoms with Crippen molar-refractivity contribution in [2.75, 3.05) is 11.9 Å². The van der Waals surface area contributed by atoms with Crippen molar-refractivity contribution in [3.05, 3.63) is 46.2 Å². The van der Waals surface area contributed by atoms with E-state index in [-0.39, 0.29) is 0 Å². The Morgan fingerprint density at radius 2 is 2.26 bits per heavy atom. The SMILES string of the molecule is C\C=C/C=C(\C=N\O)CNc1cc(C2CCCCC2C)nc2c(Br)cnn12. The lowest BCUT2D eigenvalue weighted by molar-refractivity contribution is 0.321. The number of hydrogen-bond donors (Lipinski definition) is 2. The monoisotopic (exact) mass is 431 g/mol. The quantitative estimate of drug-likeness (QED) is 0.286. The van der Waals surface area contributed by atoms with Crippen molar-refractivity contribution in [2.24, 2.45) is 11.1 Å². The molecule has 2 aromatic heterocycles. The average Bonchev–Trinajstić information content (AvgIpc) is 3.05. The molecule has 1 fully saturated rings. The van der Waals surface area contributed by atoms with Crippen molar-refractivity contribution in [2.45, 2.75) is 45.4 Å². The zero-order valence-electron chi connectivity index (χ0n) is 15.8. The summed E-state index contributed by atoms with van der Waals surface area (Å²) in [4.78, 5) is 4.90. The fourth-order valence-corrected chi connectivity index (χ4v) is 4.01. The van der Waals surface area contributed by atoms with Crippen LogP contribution in [0.3, 0.4) is 0 Å². The van der Waals surface area contributed by atoms with Crippen LogP contribution in [0.4, 0.5) is 5.82 Å². The van der Waals surface area contributed by atoms with Crippen LogP contribution in [0.1, 0.15) is 51.1 Å². The lowest BCUT2D eigenvalue weighted by Crippen LogP contribution is -2.18. The summed E-state index contributed by atoms with van der Waals surface area (Å²) in [5.41, 5.74) is 2.80. The van der Waals surface area contributed by atoms with Crippen LogP contribution < -0.4 is 5.32 Å². The van der Waals surface area contributed by atoms with Crippen LogP contribution in [-0.2, 0) is 0 Å². The summed E-state index contributed by atoms with van der Waals surface area (Å²) >= 11 is 3.57. The highest BCUT2D eigenvalue weighted by Gasteiger charge is 2.25. The summed E-state index contributed by atoms with van der Waals surface area (Å²) in [6.07, 6.45) is 14.0. The molecule has 2 N–H and O–H groups in total. The molecule has 0 spiro atoms. The predicted molar refractivity (Wildman–Crippen MR) is 113 cm³/mol. The third kappa shape index (κ3) is 4.58. The fraction of sp³-hybridized carbons (Fsp3) is 0.450. The molecule has 7 heteroatoms. The maximum atomic E-state index is 8.89. The van der Waals surface area contributed by atoms with Gasteiger partial charge in [0.2, 0.25) is 0 Å². The standard InChI is InChI=1S/C20H26BrN5O/c1-3-4-8-15(12-24-27)11-22-19-10-18(16-9-6-5-7-14(16)2)25-20-17(21)13-23-26(19)20/h3-4,8,10,12-14,16,22,27H,5-7,9,11H2,1-2H3/b4-3-,15-8-,24-12+. The van der Waals surface area contributed by atoms with Gasteiger partial charge in [0.15, 0.2) is 5.65 Å². The third-order valence-corrected chi connectivity index (χ3v) is 5.70. The van der Waals surface area contributed by atoms with E-state index in [9.17, 15) is 0 Å². The Hall–Kier alpha value is -2.15. The van der Waals surface area contributed by atoms with Gasteiger partial charge in [-0.25, -0.2) is 4.98 Å². The smallest absolute Gasteiger partial charge is 0.171 e. The number of aromatic nitrogens is 3. The largest absolute Gasteiger partial charge is 0.411 e. The molecule has 27 heavy (non-hydrogen) atoms. The number of nitrogens with one attached hydrogen (secondary N) is 1. The van der Waals surface area contributed by atoms with Gasteiger partial charge in [-0.2, -0.15) is 9.61 Å². The normalized spacial score (nSPS) is 21.5. The minimum absolute atomic E-state index is 0.475. The van der Waals surface area contributed by atoms with Crippen molar-refractivity contribution < 1.29 is 5.21 Å². The first kappa shape index (κ1) is 19.6. The second-order valence-electron chi connectivity index (χ2n) is 7.03. The molecule has 3 rings (SSSR count). The van der Waals surface area contributed by atoms with E-state index in [1.165, 1.54) is 31.9 Å². The van der Waals surface area contributed by atoms with Crippen molar-refractivity contribution in [1.82, 2.24) is 14.6 Å². The number of allylic oxidation sites excluding steroid dienone is 3. The van der Waals surface area contributed by atoms with Crippen LogP contribution in [0.25, 0.3) is 5.65 Å². The number of anilines is 1. The van der Waals surface area contributed by atoms with E-state index >= 15 is 0 Å². The molecule has 2 aromatic rings. The molecule has 0 amide bonds. The van der Waals surface area contributed by atoms with Gasteiger partial charge in [0.25, 0.3) is 0 Å². The topological polar surface area (TPSA) is 74.8 Å². The van der Waals surface area contributed by atoms with Crippen LogP contribution in [0.15, 0.2) is 45.7 Å². The van der Waals surface area contributed by atoms with Crippen molar-refractivity contribution in [3.8, 4) is 0 Å². The molecule has 2 atom stereocenters. The molecular formula is C20H26BrN5O. The Bertz CT molecular complexity index is 871. The van der Waals surface area contributed by atoms with E-state index in [2.05, 4.69) is 44.5 Å². The Labute approximate surface area is 168 Å². The maximum absolute atomic E-state index is 8.89. The van der Waals surface area contributed by atoms with Gasteiger partial charge in [-0.05, 0) is 40.8 Å². The molecule has 6 nitrogen and oxygen atoms in total. The third-order valence-electron chi connectivity index (χ3n) is 5.14. The number of rotatable bonds is 6. The van der Waals surface area contributed by atoms with E-state index in [1.54, 1.807) is 6.20 Å². The van der Waals surface area contributed by atoms with Gasteiger partial charge < -0.3 is 10.5 Å². The molecular weight excluding hydrogens is 406 g/mol. The molecule has 0 aromatic carbocycles. The second-order valence-corrected chi connectivity index (χ2v) is 7.88. The highest BCUT2D eigenvalue weighted by atomic mass is 79.9. The Morgan fingerprint density at radius 1 is 1.44 bits per heavy atom. The van der Waals surface area contributed by atoms with Crippen LogP contribution in [0, 0.1) is 5.92 Å². The maximum Gasteiger partial charge on any atom is 0.171 e. The molecule has 1 aliphatic carbocycles. The second kappa shape index (κ2) is 9.17. The van der Waals surface area contributed by atoms with E-state index in [0.717, 1.165) is 27.2 Å². The highest BCUT2D eigenvalue weighted by Crippen LogP contribution is 2.38. The molecule has 1 aliphatic rings. The number of fused-ring (bicyclic) bond motifs is 1. The summed E-state index contributed by atoms with van der Waals surface area (Å²) in [6, 6.07) is 2.11. The summed E-state index contributed by atoms with van der Waals surface area (Å²) in [5.74, 6) is 1.99. The molecule has 0 bridgehead atoms. The van der Waals surface area contributed by atoms with Crippen molar-refractivity contribution in [1.29, 1.82) is 0 Å². The van der Waals surface area contributed by atoms with Gasteiger partial charge in [-0.1, -0.05) is 49.6 Å². The predicted octanol–water partition coefficient (Wildman–Crippen LogP) is 5.16. The van der Waals surface area contributed by atoms with Crippen LogP contribution >= 0.6 is 15.9 Å². The lowest BCUT2D eigenvalue weighted by Gasteiger charge is -2.28. The number of hydrogen-bond acceptors (Lipinski definition) is 5. The summed E-state index contributed by atoms with van der Waals surface area (Å²) in [5, 5.41) is 19.9. The van der Waals surface area contributed by atoms with Gasteiger partial charge in [0.1, 0.15) is 5.82 Å². The molecule has 144 valence electrons. The first-order chi connectivity index (χ1) is 13.1. The van der Waals surface area contributed by atoms with Crippen molar-refractivity contribution in [3.63, 3.8) is 0 Å². The Morgan fingerprint density at radius 3 is 3.00 bits per heavy atom. The van der Waals surface area contributed by atoms with Gasteiger partial charge >= 0.3 is 0 Å². The Kier molecular flexibility index (Phi) is 6.66. The van der Waals surface area contributed by atoms with Crippen molar-refractivity contribution >= 4 is 33.6 Å². The minimum atomic E-state index is 0.475. The van der Waals surface area contributed by atoms with E-state index in [4.69, 9.17) is 10.2 Å². The summed E-state index contributed by atoms with van der Waals surface area (Å²) in [6.45, 7) is 4.79. The molecule has 0 aliphatic heterocycles. The van der Waals surface area contributed by atoms with E-state index < -0.39 is 0 Å². The number of halogens is 1. The van der Waals surface area contributed by atoms with Crippen LogP contribution in [0.5, 0.6) is 0 Å². The van der Waals surface area contributed by atoms with Gasteiger partial charge in [-0.15, -0.1) is 0 Å². The van der Waals surface area contributed by atoms with Gasteiger partial charge in [-0.3, -0.25) is 0 Å². The highest BCUT2D eigenvalue weighted by molar-refractivity contribution is 9.10. The summed E-state index contributed by atoms with van der Waals surface area (Å²) in [7, 11) is 0. The average molecular weight is 432 g/mol. The first-order valence-electron chi connectivity index (χ1n) is 9.41. The van der Waals surface area contributed by atoms with Gasteiger partial charge in [0.05, 0.1) is 16.9 Å². The Balaban J connectivity index is 1.93. The molecule has 1 saturated carbocycles. The van der Waals surface area contributed by atoms with Gasteiger partial charge in [0, 0.05) is 24.2 Å². The zero-order chi connectivity index (χ0) is 19.2. The minimum Gasteiger partial charge on any atom is -0.411 e. The lowest BCUT2D eigenvalue weighted by atomic mass is 9.78. The zero-order valence-corrected chi connectivity index (χ0v) is 17.4. The van der Waals surface area contributed by atoms with Crippen LogP contribution in [0.2, 0.25) is 0 Å². The molecule has 2 heterocycles. The summed E-state index contributed by atoms with van der Waals surface area (Å²) < 4.78 is 2.70. The number of nitrogens with zero attached hydrogens (tertiary/aromatic N) is 4. The molecule has 0 radical (unpaired) electrons. The first-order valence-corrected chi connectivity index (χ1v) is 10.2. The fourth-order valence-electron chi connectivity index (χ4n) is 3.66. The molecule has 0 saturated heterocycles. The molecule has 2 unspecified atom stereocenters. The van der Waals surface area contributed by atoms with E-state index in [1.807, 2.05) is 29.7 Å². The van der Waals surface area contributed by atoms with Crippen LogP contribution in [-0.4, -0.2) is 32.6 Å². The number of oxime groups is 1.